The quantitative estimate of drug-likeness (QED) is 0.550. The molecule has 3 aliphatic rings. The summed E-state index contributed by atoms with van der Waals surface area (Å²) in [6, 6.07) is 4.43. The first kappa shape index (κ1) is 25.8. The molecule has 1 heterocycles. The third-order valence-electron chi connectivity index (χ3n) is 7.83. The van der Waals surface area contributed by atoms with Crippen molar-refractivity contribution in [1.82, 2.24) is 15.5 Å². The van der Waals surface area contributed by atoms with Crippen molar-refractivity contribution in [2.45, 2.75) is 89.6 Å². The van der Waals surface area contributed by atoms with E-state index in [4.69, 9.17) is 0 Å². The molecule has 2 atom stereocenters. The molecule has 0 aromatic heterocycles. The third-order valence-corrected chi connectivity index (χ3v) is 7.83. The third kappa shape index (κ3) is 6.90. The molecule has 2 amide bonds. The summed E-state index contributed by atoms with van der Waals surface area (Å²) in [6.45, 7) is 5.32. The fraction of sp³-hybridized carbons (Fsp3) is 0.679. The highest BCUT2D eigenvalue weighted by atomic mass is 19.1. The zero-order valence-corrected chi connectivity index (χ0v) is 21.2. The van der Waals surface area contributed by atoms with Crippen molar-refractivity contribution >= 4 is 17.6 Å². The molecule has 2 N–H and O–H groups in total. The molecule has 6 nitrogen and oxygen atoms in total. The maximum absolute atomic E-state index is 14.7. The highest BCUT2D eigenvalue weighted by Gasteiger charge is 2.33. The van der Waals surface area contributed by atoms with Crippen LogP contribution in [-0.2, 0) is 9.59 Å². The maximum Gasteiger partial charge on any atom is 0.251 e. The molecule has 3 fully saturated rings. The van der Waals surface area contributed by atoms with Gasteiger partial charge >= 0.3 is 0 Å². The van der Waals surface area contributed by atoms with E-state index < -0.39 is 17.8 Å². The number of rotatable bonds is 9. The smallest absolute Gasteiger partial charge is 0.251 e. The second kappa shape index (κ2) is 11.6. The number of piperidine rings is 1. The van der Waals surface area contributed by atoms with Gasteiger partial charge in [-0.25, -0.2) is 4.39 Å². The van der Waals surface area contributed by atoms with Crippen LogP contribution in [0.15, 0.2) is 18.2 Å². The Hall–Kier alpha value is -2.28. The van der Waals surface area contributed by atoms with Gasteiger partial charge < -0.3 is 15.5 Å². The lowest BCUT2D eigenvalue weighted by molar-refractivity contribution is -0.131. The van der Waals surface area contributed by atoms with Gasteiger partial charge in [-0.3, -0.25) is 14.4 Å². The summed E-state index contributed by atoms with van der Waals surface area (Å²) >= 11 is 0. The molecule has 1 aromatic rings. The maximum atomic E-state index is 14.7. The van der Waals surface area contributed by atoms with Crippen molar-refractivity contribution in [2.75, 3.05) is 19.6 Å². The van der Waals surface area contributed by atoms with Gasteiger partial charge in [-0.2, -0.15) is 0 Å². The molecule has 0 bridgehead atoms. The van der Waals surface area contributed by atoms with Gasteiger partial charge in [0.25, 0.3) is 5.91 Å². The zero-order valence-electron chi connectivity index (χ0n) is 21.2. The van der Waals surface area contributed by atoms with Gasteiger partial charge in [-0.1, -0.05) is 33.1 Å². The SMILES string of the molecule is CC(C)C(=O)C(NC(=O)c1cc(F)cc(C2CCCN(C(=O)CNC3CC3)C2)c1)C1CCCCC1. The molecule has 2 unspecified atom stereocenters. The Labute approximate surface area is 208 Å². The number of likely N-dealkylation sites (tertiary alicyclic amines) is 1. The zero-order chi connectivity index (χ0) is 24.9. The fourth-order valence-electron chi connectivity index (χ4n) is 5.56. The first-order valence-electron chi connectivity index (χ1n) is 13.5. The summed E-state index contributed by atoms with van der Waals surface area (Å²) in [4.78, 5) is 40.7. The van der Waals surface area contributed by atoms with Crippen LogP contribution in [0.5, 0.6) is 0 Å². The first-order chi connectivity index (χ1) is 16.8. The molecule has 35 heavy (non-hydrogen) atoms. The lowest BCUT2D eigenvalue weighted by Gasteiger charge is -2.33. The van der Waals surface area contributed by atoms with Crippen LogP contribution in [0.1, 0.15) is 93.5 Å². The number of carbonyl (C=O) groups is 3. The Kier molecular flexibility index (Phi) is 8.58. The molecule has 4 rings (SSSR count). The van der Waals surface area contributed by atoms with Gasteiger partial charge in [-0.15, -0.1) is 0 Å². The van der Waals surface area contributed by atoms with Crippen LogP contribution in [0.2, 0.25) is 0 Å². The van der Waals surface area contributed by atoms with Gasteiger partial charge in [0, 0.05) is 36.5 Å². The number of ketones is 1. The van der Waals surface area contributed by atoms with Crippen LogP contribution >= 0.6 is 0 Å². The van der Waals surface area contributed by atoms with Crippen LogP contribution in [0.25, 0.3) is 0 Å². The van der Waals surface area contributed by atoms with E-state index in [2.05, 4.69) is 10.6 Å². The van der Waals surface area contributed by atoms with Gasteiger partial charge in [0.15, 0.2) is 5.78 Å². The lowest BCUT2D eigenvalue weighted by atomic mass is 9.80. The molecule has 192 valence electrons. The van der Waals surface area contributed by atoms with Crippen molar-refractivity contribution in [1.29, 1.82) is 0 Å². The van der Waals surface area contributed by atoms with Gasteiger partial charge in [0.05, 0.1) is 12.6 Å². The number of amides is 2. The average Bonchev–Trinajstić information content (AvgIpc) is 3.70. The van der Waals surface area contributed by atoms with Crippen molar-refractivity contribution in [3.05, 3.63) is 35.1 Å². The van der Waals surface area contributed by atoms with E-state index in [1.807, 2.05) is 18.7 Å². The van der Waals surface area contributed by atoms with Crippen LogP contribution in [0.4, 0.5) is 4.39 Å². The normalized spacial score (nSPS) is 22.2. The minimum atomic E-state index is -0.531. The first-order valence-corrected chi connectivity index (χ1v) is 13.5. The van der Waals surface area contributed by atoms with E-state index in [0.717, 1.165) is 63.4 Å². The number of Topliss-reactive ketones (excluding diaryl/α,β-unsaturated/α-hetero) is 1. The van der Waals surface area contributed by atoms with Crippen LogP contribution in [-0.4, -0.2) is 54.2 Å². The van der Waals surface area contributed by atoms with E-state index in [1.54, 1.807) is 6.07 Å². The summed E-state index contributed by atoms with van der Waals surface area (Å²) in [7, 11) is 0. The Morgan fingerprint density at radius 1 is 1.00 bits per heavy atom. The average molecular weight is 486 g/mol. The standard InChI is InChI=1S/C28H40FN3O3/c1-18(2)27(34)26(19-7-4-3-5-8-19)31-28(35)22-13-21(14-23(29)15-22)20-9-6-12-32(17-20)25(33)16-30-24-10-11-24/h13-15,18-20,24,26,30H,3-12,16-17H2,1-2H3,(H,31,35). The predicted molar refractivity (Wildman–Crippen MR) is 134 cm³/mol. The molecule has 2 saturated carbocycles. The molecule has 1 saturated heterocycles. The summed E-state index contributed by atoms with van der Waals surface area (Å²) in [5.74, 6) is -0.782. The molecule has 0 spiro atoms. The topological polar surface area (TPSA) is 78.5 Å². The number of hydrogen-bond donors (Lipinski definition) is 2. The summed E-state index contributed by atoms with van der Waals surface area (Å²) in [5, 5.41) is 6.25. The highest BCUT2D eigenvalue weighted by Crippen LogP contribution is 2.30. The lowest BCUT2D eigenvalue weighted by Crippen LogP contribution is -2.48. The fourth-order valence-corrected chi connectivity index (χ4v) is 5.56. The largest absolute Gasteiger partial charge is 0.342 e. The Morgan fingerprint density at radius 3 is 2.43 bits per heavy atom. The van der Waals surface area contributed by atoms with Gasteiger partial charge in [-0.05, 0) is 68.2 Å². The van der Waals surface area contributed by atoms with Crippen molar-refractivity contribution in [2.24, 2.45) is 11.8 Å². The van der Waals surface area contributed by atoms with Gasteiger partial charge in [0.1, 0.15) is 5.82 Å². The molecular formula is C28H40FN3O3. The van der Waals surface area contributed by atoms with Crippen molar-refractivity contribution in [3.63, 3.8) is 0 Å². The molecule has 0 radical (unpaired) electrons. The van der Waals surface area contributed by atoms with Crippen LogP contribution in [0.3, 0.4) is 0 Å². The van der Waals surface area contributed by atoms with Crippen molar-refractivity contribution < 1.29 is 18.8 Å². The van der Waals surface area contributed by atoms with E-state index in [0.29, 0.717) is 25.7 Å². The van der Waals surface area contributed by atoms with Gasteiger partial charge in [0.2, 0.25) is 5.91 Å². The monoisotopic (exact) mass is 485 g/mol. The minimum absolute atomic E-state index is 0.0117. The number of nitrogens with one attached hydrogen (secondary N) is 2. The Morgan fingerprint density at radius 2 is 1.74 bits per heavy atom. The van der Waals surface area contributed by atoms with E-state index in [-0.39, 0.29) is 35.0 Å². The number of halogens is 1. The highest BCUT2D eigenvalue weighted by molar-refractivity contribution is 5.98. The summed E-state index contributed by atoms with van der Waals surface area (Å²) in [6.07, 6.45) is 9.13. The molecule has 7 heteroatoms. The second-order valence-corrected chi connectivity index (χ2v) is 11.0. The number of benzene rings is 1. The Bertz CT molecular complexity index is 924. The number of hydrogen-bond acceptors (Lipinski definition) is 4. The molecular weight excluding hydrogens is 445 g/mol. The van der Waals surface area contributed by atoms with E-state index >= 15 is 0 Å². The molecule has 1 aromatic carbocycles. The Balaban J connectivity index is 1.45. The molecule has 2 aliphatic carbocycles. The second-order valence-electron chi connectivity index (χ2n) is 11.0. The van der Waals surface area contributed by atoms with Crippen LogP contribution in [0, 0.1) is 17.7 Å². The summed E-state index contributed by atoms with van der Waals surface area (Å²) < 4.78 is 14.7. The van der Waals surface area contributed by atoms with Crippen molar-refractivity contribution in [3.8, 4) is 0 Å². The summed E-state index contributed by atoms with van der Waals surface area (Å²) in [5.41, 5.74) is 0.989. The number of carbonyl (C=O) groups excluding carboxylic acids is 3. The minimum Gasteiger partial charge on any atom is -0.342 e. The molecule has 1 aliphatic heterocycles. The van der Waals surface area contributed by atoms with E-state index in [9.17, 15) is 18.8 Å². The number of nitrogens with zero attached hydrogens (tertiary/aromatic N) is 1. The predicted octanol–water partition coefficient (Wildman–Crippen LogP) is 4.19. The van der Waals surface area contributed by atoms with Crippen LogP contribution < -0.4 is 10.6 Å². The van der Waals surface area contributed by atoms with E-state index in [1.165, 1.54) is 12.1 Å².